The number of amides is 1. The molecule has 1 aromatic carbocycles. The molecule has 0 saturated heterocycles. The third-order valence-electron chi connectivity index (χ3n) is 6.66. The molecule has 1 aromatic heterocycles. The normalized spacial score (nSPS) is 14.9. The number of methoxy groups -OCH3 is 1. The first-order chi connectivity index (χ1) is 15.2. The number of nitrogens with zero attached hydrogens (tertiary/aromatic N) is 2. The van der Waals surface area contributed by atoms with Crippen molar-refractivity contribution in [1.82, 2.24) is 9.47 Å². The fourth-order valence-corrected chi connectivity index (χ4v) is 4.68. The molecule has 1 amide bonds. The van der Waals surface area contributed by atoms with Crippen molar-refractivity contribution in [2.45, 2.75) is 59.0 Å². The summed E-state index contributed by atoms with van der Waals surface area (Å²) in [6, 6.07) is 5.24. The van der Waals surface area contributed by atoms with Crippen molar-refractivity contribution in [1.29, 1.82) is 0 Å². The predicted octanol–water partition coefficient (Wildman–Crippen LogP) is 4.36. The van der Waals surface area contributed by atoms with Crippen molar-refractivity contribution in [2.24, 2.45) is 13.0 Å². The summed E-state index contributed by atoms with van der Waals surface area (Å²) in [5, 5.41) is 0. The minimum absolute atomic E-state index is 0.0490. The Bertz CT molecular complexity index is 1020. The van der Waals surface area contributed by atoms with E-state index in [0.717, 1.165) is 31.2 Å². The molecule has 7 heteroatoms. The maximum absolute atomic E-state index is 13.6. The van der Waals surface area contributed by atoms with Gasteiger partial charge in [-0.15, -0.1) is 0 Å². The lowest BCUT2D eigenvalue weighted by Gasteiger charge is -2.31. The zero-order valence-corrected chi connectivity index (χ0v) is 19.4. The molecule has 1 aliphatic carbocycles. The SMILES string of the molecule is COC(=O)c1c(C)c(C(=O)[C@H](C)N(Cc2ccc(F)cc2)C(=O)C2CCCC2)c(C)n1C. The number of halogens is 1. The standard InChI is InChI=1S/C25H31FN2O4/c1-15-21(16(2)27(4)22(15)25(31)32-5)23(29)17(3)28(24(30)19-8-6-7-9-19)14-18-10-12-20(26)13-11-18/h10-13,17,19H,6-9,14H2,1-5H3/t17-/m0/s1. The largest absolute Gasteiger partial charge is 0.464 e. The highest BCUT2D eigenvalue weighted by atomic mass is 19.1. The molecule has 1 heterocycles. The van der Waals surface area contributed by atoms with E-state index in [2.05, 4.69) is 0 Å². The third kappa shape index (κ3) is 4.47. The first-order valence-corrected chi connectivity index (χ1v) is 11.0. The third-order valence-corrected chi connectivity index (χ3v) is 6.66. The quantitative estimate of drug-likeness (QED) is 0.472. The number of aromatic nitrogens is 1. The number of Topliss-reactive ketones (excluding diaryl/α,β-unsaturated/α-hetero) is 1. The molecule has 0 bridgehead atoms. The van der Waals surface area contributed by atoms with Crippen molar-refractivity contribution in [3.05, 3.63) is 58.2 Å². The highest BCUT2D eigenvalue weighted by molar-refractivity contribution is 6.06. The van der Waals surface area contributed by atoms with Gasteiger partial charge in [-0.1, -0.05) is 25.0 Å². The van der Waals surface area contributed by atoms with Crippen LogP contribution in [-0.2, 0) is 23.1 Å². The van der Waals surface area contributed by atoms with Crippen LogP contribution in [0.4, 0.5) is 4.39 Å². The Morgan fingerprint density at radius 3 is 2.31 bits per heavy atom. The first-order valence-electron chi connectivity index (χ1n) is 11.0. The molecule has 172 valence electrons. The van der Waals surface area contributed by atoms with Gasteiger partial charge in [0, 0.05) is 30.8 Å². The molecule has 1 saturated carbocycles. The van der Waals surface area contributed by atoms with Crippen LogP contribution < -0.4 is 0 Å². The van der Waals surface area contributed by atoms with Crippen LogP contribution in [0.15, 0.2) is 24.3 Å². The Hall–Kier alpha value is -2.96. The molecule has 0 unspecified atom stereocenters. The topological polar surface area (TPSA) is 68.6 Å². The van der Waals surface area contributed by atoms with Gasteiger partial charge >= 0.3 is 5.97 Å². The minimum Gasteiger partial charge on any atom is -0.464 e. The number of ketones is 1. The smallest absolute Gasteiger partial charge is 0.354 e. The number of hydrogen-bond donors (Lipinski definition) is 0. The van der Waals surface area contributed by atoms with E-state index in [1.54, 1.807) is 49.4 Å². The summed E-state index contributed by atoms with van der Waals surface area (Å²) in [7, 11) is 3.02. The molecule has 6 nitrogen and oxygen atoms in total. The van der Waals surface area contributed by atoms with E-state index in [9.17, 15) is 18.8 Å². The van der Waals surface area contributed by atoms with Crippen molar-refractivity contribution in [3.63, 3.8) is 0 Å². The lowest BCUT2D eigenvalue weighted by Crippen LogP contribution is -2.45. The maximum atomic E-state index is 13.6. The summed E-state index contributed by atoms with van der Waals surface area (Å²) in [5.74, 6) is -1.23. The monoisotopic (exact) mass is 442 g/mol. The van der Waals surface area contributed by atoms with Gasteiger partial charge in [-0.2, -0.15) is 0 Å². The zero-order chi connectivity index (χ0) is 23.6. The highest BCUT2D eigenvalue weighted by Crippen LogP contribution is 2.30. The molecular formula is C25H31FN2O4. The molecule has 0 N–H and O–H groups in total. The number of hydrogen-bond acceptors (Lipinski definition) is 4. The van der Waals surface area contributed by atoms with E-state index >= 15 is 0 Å². The van der Waals surface area contributed by atoms with Crippen LogP contribution in [0, 0.1) is 25.6 Å². The molecule has 0 radical (unpaired) electrons. The molecule has 1 atom stereocenters. The van der Waals surface area contributed by atoms with Crippen molar-refractivity contribution in [2.75, 3.05) is 7.11 Å². The van der Waals surface area contributed by atoms with Gasteiger partial charge in [0.25, 0.3) is 0 Å². The van der Waals surface area contributed by atoms with Crippen molar-refractivity contribution >= 4 is 17.7 Å². The maximum Gasteiger partial charge on any atom is 0.354 e. The van der Waals surface area contributed by atoms with Gasteiger partial charge in [0.15, 0.2) is 5.78 Å². The Morgan fingerprint density at radius 2 is 1.75 bits per heavy atom. The van der Waals surface area contributed by atoms with Gasteiger partial charge in [-0.05, 0) is 56.9 Å². The van der Waals surface area contributed by atoms with Gasteiger partial charge in [0.05, 0.1) is 13.2 Å². The molecule has 32 heavy (non-hydrogen) atoms. The van der Waals surface area contributed by atoms with Gasteiger partial charge in [-0.3, -0.25) is 9.59 Å². The fourth-order valence-electron chi connectivity index (χ4n) is 4.68. The average molecular weight is 443 g/mol. The van der Waals surface area contributed by atoms with Crippen molar-refractivity contribution in [3.8, 4) is 0 Å². The number of carbonyl (C=O) groups excluding carboxylic acids is 3. The van der Waals surface area contributed by atoms with E-state index in [4.69, 9.17) is 4.74 Å². The number of esters is 1. The van der Waals surface area contributed by atoms with Crippen LogP contribution in [0.25, 0.3) is 0 Å². The predicted molar refractivity (Wildman–Crippen MR) is 119 cm³/mol. The van der Waals surface area contributed by atoms with Crippen LogP contribution in [0.1, 0.15) is 70.3 Å². The van der Waals surface area contributed by atoms with E-state index < -0.39 is 12.0 Å². The van der Waals surface area contributed by atoms with E-state index in [1.165, 1.54) is 19.2 Å². The lowest BCUT2D eigenvalue weighted by molar-refractivity contribution is -0.137. The van der Waals surface area contributed by atoms with Crippen LogP contribution in [0.5, 0.6) is 0 Å². The van der Waals surface area contributed by atoms with E-state index in [-0.39, 0.29) is 30.0 Å². The Kier molecular flexibility index (Phi) is 7.16. The Balaban J connectivity index is 1.97. The summed E-state index contributed by atoms with van der Waals surface area (Å²) in [6.07, 6.45) is 3.64. The Labute approximate surface area is 188 Å². The number of benzene rings is 1. The molecule has 0 aliphatic heterocycles. The summed E-state index contributed by atoms with van der Waals surface area (Å²) < 4.78 is 19.9. The van der Waals surface area contributed by atoms with E-state index in [0.29, 0.717) is 22.5 Å². The number of carbonyl (C=O) groups is 3. The Morgan fingerprint density at radius 1 is 1.16 bits per heavy atom. The zero-order valence-electron chi connectivity index (χ0n) is 19.4. The summed E-state index contributed by atoms with van der Waals surface area (Å²) in [6.45, 7) is 5.45. The van der Waals surface area contributed by atoms with Gasteiger partial charge in [0.2, 0.25) is 5.91 Å². The van der Waals surface area contributed by atoms with E-state index in [1.807, 2.05) is 0 Å². The lowest BCUT2D eigenvalue weighted by atomic mass is 9.97. The average Bonchev–Trinajstić information content (AvgIpc) is 3.39. The minimum atomic E-state index is -0.738. The van der Waals surface area contributed by atoms with Gasteiger partial charge < -0.3 is 14.2 Å². The second-order valence-electron chi connectivity index (χ2n) is 8.60. The molecule has 3 rings (SSSR count). The van der Waals surface area contributed by atoms with Crippen LogP contribution >= 0.6 is 0 Å². The second-order valence-corrected chi connectivity index (χ2v) is 8.60. The van der Waals surface area contributed by atoms with Gasteiger partial charge in [0.1, 0.15) is 11.5 Å². The fraction of sp³-hybridized carbons (Fsp3) is 0.480. The summed E-state index contributed by atoms with van der Waals surface area (Å²) >= 11 is 0. The second kappa shape index (κ2) is 9.67. The number of ether oxygens (including phenoxy) is 1. The molecule has 0 spiro atoms. The number of rotatable bonds is 7. The molecule has 1 aliphatic rings. The molecule has 2 aromatic rings. The first kappa shape index (κ1) is 23.7. The van der Waals surface area contributed by atoms with Gasteiger partial charge in [-0.25, -0.2) is 9.18 Å². The van der Waals surface area contributed by atoms with Crippen LogP contribution in [-0.4, -0.2) is 40.3 Å². The van der Waals surface area contributed by atoms with Crippen LogP contribution in [0.3, 0.4) is 0 Å². The summed E-state index contributed by atoms with van der Waals surface area (Å²) in [4.78, 5) is 40.9. The molecule has 1 fully saturated rings. The molecular weight excluding hydrogens is 411 g/mol. The highest BCUT2D eigenvalue weighted by Gasteiger charge is 2.35. The van der Waals surface area contributed by atoms with Crippen LogP contribution in [0.2, 0.25) is 0 Å². The summed E-state index contributed by atoms with van der Waals surface area (Å²) in [5.41, 5.74) is 2.71. The van der Waals surface area contributed by atoms with Crippen molar-refractivity contribution < 1.29 is 23.5 Å².